The third-order valence-corrected chi connectivity index (χ3v) is 4.50. The second-order valence-corrected chi connectivity index (χ2v) is 6.22. The summed E-state index contributed by atoms with van der Waals surface area (Å²) in [5.41, 5.74) is 2.50. The minimum atomic E-state index is -0.382. The van der Waals surface area contributed by atoms with Crippen LogP contribution in [0.4, 0.5) is 0 Å². The minimum absolute atomic E-state index is 0.382. The van der Waals surface area contributed by atoms with E-state index in [1.54, 1.807) is 0 Å². The molecule has 0 spiro atoms. The molecule has 1 unspecified atom stereocenters. The Morgan fingerprint density at radius 1 is 1.30 bits per heavy atom. The van der Waals surface area contributed by atoms with Gasteiger partial charge in [0, 0.05) is 0 Å². The summed E-state index contributed by atoms with van der Waals surface area (Å²) in [6, 6.07) is 6.75. The van der Waals surface area contributed by atoms with Crippen LogP contribution in [0.5, 0.6) is 5.75 Å². The maximum atomic E-state index is 10.2. The largest absolute Gasteiger partial charge is 0.491 e. The molecule has 0 aliphatic carbocycles. The molecule has 1 aromatic carbocycles. The summed E-state index contributed by atoms with van der Waals surface area (Å²) in [7, 11) is 0. The van der Waals surface area contributed by atoms with Crippen LogP contribution in [0.1, 0.15) is 37.3 Å². The van der Waals surface area contributed by atoms with Crippen molar-refractivity contribution in [1.29, 1.82) is 0 Å². The molecule has 20 heavy (non-hydrogen) atoms. The van der Waals surface area contributed by atoms with Gasteiger partial charge in [0.1, 0.15) is 25.0 Å². The van der Waals surface area contributed by atoms with Crippen molar-refractivity contribution in [3.05, 3.63) is 29.3 Å². The predicted molar refractivity (Wildman–Crippen MR) is 81.4 cm³/mol. The Balaban J connectivity index is 1.79. The molecule has 1 aromatic rings. The quantitative estimate of drug-likeness (QED) is 0.856. The first-order valence-corrected chi connectivity index (χ1v) is 7.79. The van der Waals surface area contributed by atoms with Crippen LogP contribution in [-0.4, -0.2) is 36.9 Å². The number of aliphatic hydroxyl groups is 1. The first-order chi connectivity index (χ1) is 9.56. The van der Waals surface area contributed by atoms with E-state index >= 15 is 0 Å². The monoisotopic (exact) mass is 278 g/mol. The lowest BCUT2D eigenvalue weighted by molar-refractivity contribution is -0.931. The lowest BCUT2D eigenvalue weighted by atomic mass is 10.0. The van der Waals surface area contributed by atoms with E-state index in [4.69, 9.17) is 4.74 Å². The second kappa shape index (κ2) is 7.09. The van der Waals surface area contributed by atoms with Gasteiger partial charge in [-0.3, -0.25) is 0 Å². The molecule has 3 atom stereocenters. The number of aliphatic hydroxyl groups excluding tert-OH is 1. The fourth-order valence-corrected chi connectivity index (χ4v) is 2.91. The number of rotatable bonds is 5. The molecule has 1 aliphatic rings. The molecule has 112 valence electrons. The van der Waals surface area contributed by atoms with E-state index in [0.717, 1.165) is 12.3 Å². The zero-order valence-corrected chi connectivity index (χ0v) is 13.0. The number of piperidine rings is 1. The van der Waals surface area contributed by atoms with Gasteiger partial charge in [-0.05, 0) is 63.3 Å². The second-order valence-electron chi connectivity index (χ2n) is 6.22. The molecule has 1 aliphatic heterocycles. The summed E-state index contributed by atoms with van der Waals surface area (Å²) in [4.78, 5) is 1.52. The number of aryl methyl sites for hydroxylation is 2. The smallest absolute Gasteiger partial charge is 0.137 e. The van der Waals surface area contributed by atoms with Crippen molar-refractivity contribution >= 4 is 0 Å². The summed E-state index contributed by atoms with van der Waals surface area (Å²) in [6.45, 7) is 8.82. The zero-order chi connectivity index (χ0) is 14.5. The van der Waals surface area contributed by atoms with Gasteiger partial charge >= 0.3 is 0 Å². The van der Waals surface area contributed by atoms with Gasteiger partial charge in [0.2, 0.25) is 0 Å². The molecule has 2 N–H and O–H groups in total. The van der Waals surface area contributed by atoms with Crippen LogP contribution < -0.4 is 9.64 Å². The summed E-state index contributed by atoms with van der Waals surface area (Å²) in [5.74, 6) is 0.855. The van der Waals surface area contributed by atoms with Crippen molar-refractivity contribution in [2.24, 2.45) is 0 Å². The van der Waals surface area contributed by atoms with Crippen LogP contribution in [0.3, 0.4) is 0 Å². The molecule has 0 radical (unpaired) electrons. The minimum Gasteiger partial charge on any atom is -0.491 e. The van der Waals surface area contributed by atoms with Crippen molar-refractivity contribution in [1.82, 2.24) is 0 Å². The lowest BCUT2D eigenvalue weighted by Crippen LogP contribution is -3.17. The highest BCUT2D eigenvalue weighted by atomic mass is 16.5. The molecular formula is C17H28NO2+. The van der Waals surface area contributed by atoms with E-state index in [1.807, 2.05) is 12.1 Å². The van der Waals surface area contributed by atoms with Gasteiger partial charge in [-0.15, -0.1) is 0 Å². The lowest BCUT2D eigenvalue weighted by Gasteiger charge is -2.31. The molecular weight excluding hydrogens is 250 g/mol. The van der Waals surface area contributed by atoms with Gasteiger partial charge in [0.15, 0.2) is 0 Å². The summed E-state index contributed by atoms with van der Waals surface area (Å²) < 4.78 is 5.72. The number of hydrogen-bond acceptors (Lipinski definition) is 2. The number of nitrogens with one attached hydrogen (secondary N) is 1. The Morgan fingerprint density at radius 2 is 2.10 bits per heavy atom. The van der Waals surface area contributed by atoms with Crippen molar-refractivity contribution in [2.45, 2.75) is 52.2 Å². The van der Waals surface area contributed by atoms with Crippen LogP contribution in [0.25, 0.3) is 0 Å². The van der Waals surface area contributed by atoms with E-state index in [-0.39, 0.29) is 6.10 Å². The summed E-state index contributed by atoms with van der Waals surface area (Å²) in [6.07, 6.45) is 3.51. The normalized spacial score (nSPS) is 24.4. The van der Waals surface area contributed by atoms with E-state index in [0.29, 0.717) is 12.6 Å². The predicted octanol–water partition coefficient (Wildman–Crippen LogP) is 1.50. The number of quaternary nitrogens is 1. The molecule has 0 amide bonds. The topological polar surface area (TPSA) is 33.9 Å². The highest BCUT2D eigenvalue weighted by Crippen LogP contribution is 2.16. The molecule has 1 fully saturated rings. The third kappa shape index (κ3) is 4.22. The number of likely N-dealkylation sites (tertiary alicyclic amines) is 1. The number of ether oxygens (including phenoxy) is 1. The molecule has 0 saturated carbocycles. The molecule has 0 bridgehead atoms. The average molecular weight is 278 g/mol. The number of hydrogen-bond donors (Lipinski definition) is 2. The van der Waals surface area contributed by atoms with Crippen molar-refractivity contribution in [3.8, 4) is 5.75 Å². The van der Waals surface area contributed by atoms with Gasteiger partial charge in [-0.2, -0.15) is 0 Å². The van der Waals surface area contributed by atoms with Gasteiger partial charge in [0.25, 0.3) is 0 Å². The van der Waals surface area contributed by atoms with Crippen molar-refractivity contribution in [2.75, 3.05) is 19.7 Å². The van der Waals surface area contributed by atoms with E-state index in [2.05, 4.69) is 26.8 Å². The van der Waals surface area contributed by atoms with Gasteiger partial charge < -0.3 is 14.7 Å². The Bertz CT molecular complexity index is 433. The van der Waals surface area contributed by atoms with E-state index in [1.165, 1.54) is 41.8 Å². The molecule has 3 nitrogen and oxygen atoms in total. The van der Waals surface area contributed by atoms with Crippen LogP contribution in [0.2, 0.25) is 0 Å². The molecule has 3 heteroatoms. The first-order valence-electron chi connectivity index (χ1n) is 7.79. The average Bonchev–Trinajstić information content (AvgIpc) is 2.43. The fraction of sp³-hybridized carbons (Fsp3) is 0.647. The fourth-order valence-electron chi connectivity index (χ4n) is 2.91. The standard InChI is InChI=1S/C17H27NO2/c1-13-7-8-17(10-14(13)2)20-12-16(19)11-18-9-5-4-6-15(18)3/h7-8,10,15-16,19H,4-6,9,11-12H2,1-3H3/p+1/t15-,16+/m0/s1. The SMILES string of the molecule is Cc1ccc(OC[C@H](O)C[NH+]2CCCC[C@@H]2C)cc1C. The maximum absolute atomic E-state index is 10.2. The molecule has 1 heterocycles. The highest BCUT2D eigenvalue weighted by molar-refractivity contribution is 5.33. The Hall–Kier alpha value is -1.06. The Kier molecular flexibility index (Phi) is 5.44. The molecule has 0 aromatic heterocycles. The maximum Gasteiger partial charge on any atom is 0.137 e. The highest BCUT2D eigenvalue weighted by Gasteiger charge is 2.24. The van der Waals surface area contributed by atoms with Crippen molar-refractivity contribution in [3.63, 3.8) is 0 Å². The summed E-state index contributed by atoms with van der Waals surface area (Å²) in [5, 5.41) is 10.2. The van der Waals surface area contributed by atoms with Gasteiger partial charge in [0.05, 0.1) is 12.6 Å². The zero-order valence-electron chi connectivity index (χ0n) is 13.0. The van der Waals surface area contributed by atoms with E-state index < -0.39 is 0 Å². The Labute approximate surface area is 122 Å². The van der Waals surface area contributed by atoms with Crippen LogP contribution in [0.15, 0.2) is 18.2 Å². The van der Waals surface area contributed by atoms with Crippen LogP contribution in [0, 0.1) is 13.8 Å². The van der Waals surface area contributed by atoms with Crippen LogP contribution >= 0.6 is 0 Å². The van der Waals surface area contributed by atoms with Crippen molar-refractivity contribution < 1.29 is 14.7 Å². The van der Waals surface area contributed by atoms with Gasteiger partial charge in [-0.25, -0.2) is 0 Å². The molecule has 1 saturated heterocycles. The van der Waals surface area contributed by atoms with Crippen LogP contribution in [-0.2, 0) is 0 Å². The molecule has 2 rings (SSSR count). The summed E-state index contributed by atoms with van der Waals surface area (Å²) >= 11 is 0. The number of benzene rings is 1. The first kappa shape index (κ1) is 15.3. The third-order valence-electron chi connectivity index (χ3n) is 4.50. The Morgan fingerprint density at radius 3 is 2.80 bits per heavy atom. The van der Waals surface area contributed by atoms with Gasteiger partial charge in [-0.1, -0.05) is 6.07 Å². The van der Waals surface area contributed by atoms with E-state index in [9.17, 15) is 5.11 Å².